The molecule has 1 aromatic heterocycles. The fraction of sp³-hybridized carbons (Fsp3) is 0.577. The summed E-state index contributed by atoms with van der Waals surface area (Å²) < 4.78 is 5.73. The first-order chi connectivity index (χ1) is 15.9. The summed E-state index contributed by atoms with van der Waals surface area (Å²) in [5.41, 5.74) is 2.94. The molecule has 178 valence electrons. The summed E-state index contributed by atoms with van der Waals surface area (Å²) in [6.07, 6.45) is 7.62. The molecule has 0 radical (unpaired) electrons. The van der Waals surface area contributed by atoms with Gasteiger partial charge in [-0.1, -0.05) is 25.3 Å². The highest BCUT2D eigenvalue weighted by Gasteiger charge is 2.28. The molecule has 2 aliphatic rings. The summed E-state index contributed by atoms with van der Waals surface area (Å²) in [4.78, 5) is 34.0. The number of hydrogen-bond donors (Lipinski definition) is 0. The summed E-state index contributed by atoms with van der Waals surface area (Å²) in [6, 6.07) is 6.24. The number of likely N-dealkylation sites (tertiary alicyclic amines) is 1. The SMILES string of the molecule is Cc1ccc(OCC(=O)N2CCC(c3nc(C(=O)N(C)C4CCCCC4)cs3)CC2)cc1C. The Labute approximate surface area is 200 Å². The highest BCUT2D eigenvalue weighted by molar-refractivity contribution is 7.09. The summed E-state index contributed by atoms with van der Waals surface area (Å²) >= 11 is 1.58. The normalized spacial score (nSPS) is 17.7. The van der Waals surface area contributed by atoms with E-state index in [2.05, 4.69) is 6.92 Å². The van der Waals surface area contributed by atoms with E-state index in [1.807, 2.05) is 47.4 Å². The molecule has 0 spiro atoms. The molecule has 0 bridgehead atoms. The van der Waals surface area contributed by atoms with Crippen molar-refractivity contribution < 1.29 is 14.3 Å². The minimum Gasteiger partial charge on any atom is -0.484 e. The predicted molar refractivity (Wildman–Crippen MR) is 131 cm³/mol. The summed E-state index contributed by atoms with van der Waals surface area (Å²) in [5, 5.41) is 2.93. The number of benzene rings is 1. The molecule has 2 heterocycles. The monoisotopic (exact) mass is 469 g/mol. The molecule has 0 N–H and O–H groups in total. The summed E-state index contributed by atoms with van der Waals surface area (Å²) in [6.45, 7) is 5.57. The van der Waals surface area contributed by atoms with Gasteiger partial charge in [-0.2, -0.15) is 0 Å². The molecule has 7 heteroatoms. The Morgan fingerprint density at radius 2 is 1.82 bits per heavy atom. The van der Waals surface area contributed by atoms with Crippen LogP contribution in [0.4, 0.5) is 0 Å². The lowest BCUT2D eigenvalue weighted by Crippen LogP contribution is -2.40. The summed E-state index contributed by atoms with van der Waals surface area (Å²) in [5.74, 6) is 1.11. The third kappa shape index (κ3) is 5.75. The maximum Gasteiger partial charge on any atom is 0.273 e. The largest absolute Gasteiger partial charge is 0.484 e. The molecule has 1 aromatic carbocycles. The molecule has 2 amide bonds. The van der Waals surface area contributed by atoms with Crippen LogP contribution in [0.15, 0.2) is 23.6 Å². The number of hydrogen-bond acceptors (Lipinski definition) is 5. The van der Waals surface area contributed by atoms with Crippen molar-refractivity contribution in [2.45, 2.75) is 70.8 Å². The molecule has 1 saturated heterocycles. The van der Waals surface area contributed by atoms with Gasteiger partial charge in [0.1, 0.15) is 11.4 Å². The van der Waals surface area contributed by atoms with Crippen LogP contribution in [0.2, 0.25) is 0 Å². The fourth-order valence-corrected chi connectivity index (χ4v) is 5.77. The second-order valence-corrected chi connectivity index (χ2v) is 10.4. The topological polar surface area (TPSA) is 62.7 Å². The van der Waals surface area contributed by atoms with Crippen molar-refractivity contribution in [3.63, 3.8) is 0 Å². The lowest BCUT2D eigenvalue weighted by molar-refractivity contribution is -0.134. The standard InChI is InChI=1S/C26H35N3O3S/c1-18-9-10-22(15-19(18)2)32-16-24(30)29-13-11-20(12-14-29)25-27-23(17-33-25)26(31)28(3)21-7-5-4-6-8-21/h9-10,15,17,20-21H,4-8,11-14,16H2,1-3H3. The van der Waals surface area contributed by atoms with Crippen molar-refractivity contribution in [2.75, 3.05) is 26.7 Å². The molecule has 2 aromatic rings. The Balaban J connectivity index is 1.26. The van der Waals surface area contributed by atoms with Gasteiger partial charge < -0.3 is 14.5 Å². The average molecular weight is 470 g/mol. The van der Waals surface area contributed by atoms with Gasteiger partial charge in [-0.3, -0.25) is 9.59 Å². The van der Waals surface area contributed by atoms with Gasteiger partial charge in [-0.05, 0) is 62.8 Å². The number of piperidine rings is 1. The quantitative estimate of drug-likeness (QED) is 0.601. The van der Waals surface area contributed by atoms with Crippen LogP contribution in [0.3, 0.4) is 0 Å². The average Bonchev–Trinajstić information content (AvgIpc) is 3.34. The van der Waals surface area contributed by atoms with Gasteiger partial charge in [0.2, 0.25) is 0 Å². The number of aromatic nitrogens is 1. The summed E-state index contributed by atoms with van der Waals surface area (Å²) in [7, 11) is 1.92. The second-order valence-electron chi connectivity index (χ2n) is 9.47. The Morgan fingerprint density at radius 1 is 1.09 bits per heavy atom. The van der Waals surface area contributed by atoms with Crippen LogP contribution in [0.5, 0.6) is 5.75 Å². The van der Waals surface area contributed by atoms with Crippen molar-refractivity contribution in [3.05, 3.63) is 45.4 Å². The third-order valence-electron chi connectivity index (χ3n) is 7.22. The van der Waals surface area contributed by atoms with E-state index in [1.54, 1.807) is 11.3 Å². The maximum absolute atomic E-state index is 12.9. The number of nitrogens with zero attached hydrogens (tertiary/aromatic N) is 3. The van der Waals surface area contributed by atoms with Crippen LogP contribution in [-0.4, -0.2) is 59.4 Å². The van der Waals surface area contributed by atoms with E-state index in [4.69, 9.17) is 9.72 Å². The molecule has 33 heavy (non-hydrogen) atoms. The fourth-order valence-electron chi connectivity index (χ4n) is 4.80. The van der Waals surface area contributed by atoms with E-state index in [-0.39, 0.29) is 18.4 Å². The van der Waals surface area contributed by atoms with Crippen molar-refractivity contribution in [1.29, 1.82) is 0 Å². The van der Waals surface area contributed by atoms with E-state index in [9.17, 15) is 9.59 Å². The van der Waals surface area contributed by atoms with Crippen LogP contribution >= 0.6 is 11.3 Å². The van der Waals surface area contributed by atoms with Crippen molar-refractivity contribution in [2.24, 2.45) is 0 Å². The molecule has 0 unspecified atom stereocenters. The van der Waals surface area contributed by atoms with Gasteiger partial charge in [0.05, 0.1) is 5.01 Å². The van der Waals surface area contributed by atoms with Crippen LogP contribution in [0.25, 0.3) is 0 Å². The van der Waals surface area contributed by atoms with E-state index in [0.29, 0.717) is 30.7 Å². The molecular formula is C26H35N3O3S. The van der Waals surface area contributed by atoms with E-state index in [1.165, 1.54) is 24.8 Å². The lowest BCUT2D eigenvalue weighted by Gasteiger charge is -2.31. The minimum absolute atomic E-state index is 0.0239. The highest BCUT2D eigenvalue weighted by Crippen LogP contribution is 2.31. The zero-order valence-electron chi connectivity index (χ0n) is 20.0. The second kappa shape index (κ2) is 10.7. The van der Waals surface area contributed by atoms with Crippen LogP contribution in [0, 0.1) is 13.8 Å². The Bertz CT molecular complexity index is 975. The number of thiazole rings is 1. The van der Waals surface area contributed by atoms with Crippen LogP contribution in [0.1, 0.15) is 77.5 Å². The molecule has 2 fully saturated rings. The number of rotatable bonds is 6. The van der Waals surface area contributed by atoms with Crippen molar-refractivity contribution in [3.8, 4) is 5.75 Å². The van der Waals surface area contributed by atoms with Crippen LogP contribution in [-0.2, 0) is 4.79 Å². The Morgan fingerprint density at radius 3 is 2.52 bits per heavy atom. The van der Waals surface area contributed by atoms with Crippen LogP contribution < -0.4 is 4.74 Å². The van der Waals surface area contributed by atoms with Gasteiger partial charge in [0.15, 0.2) is 6.61 Å². The number of ether oxygens (including phenoxy) is 1. The Kier molecular flexibility index (Phi) is 7.68. The zero-order chi connectivity index (χ0) is 23.4. The molecule has 1 aliphatic carbocycles. The van der Waals surface area contributed by atoms with Crippen molar-refractivity contribution >= 4 is 23.2 Å². The predicted octanol–water partition coefficient (Wildman–Crippen LogP) is 4.95. The number of carbonyl (C=O) groups excluding carboxylic acids is 2. The number of carbonyl (C=O) groups is 2. The molecule has 0 atom stereocenters. The molecule has 1 saturated carbocycles. The highest BCUT2D eigenvalue weighted by atomic mass is 32.1. The maximum atomic E-state index is 12.9. The third-order valence-corrected chi connectivity index (χ3v) is 8.23. The van der Waals surface area contributed by atoms with E-state index in [0.717, 1.165) is 42.0 Å². The Hall–Kier alpha value is -2.41. The molecule has 1 aliphatic heterocycles. The first-order valence-corrected chi connectivity index (χ1v) is 13.0. The lowest BCUT2D eigenvalue weighted by atomic mass is 9.94. The number of amides is 2. The molecule has 4 rings (SSSR count). The van der Waals surface area contributed by atoms with Gasteiger partial charge in [-0.25, -0.2) is 4.98 Å². The number of aryl methyl sites for hydroxylation is 2. The minimum atomic E-state index is 0.0239. The smallest absolute Gasteiger partial charge is 0.273 e. The van der Waals surface area contributed by atoms with Gasteiger partial charge in [0.25, 0.3) is 11.8 Å². The van der Waals surface area contributed by atoms with E-state index < -0.39 is 0 Å². The zero-order valence-corrected chi connectivity index (χ0v) is 20.8. The first-order valence-electron chi connectivity index (χ1n) is 12.1. The molecule has 6 nitrogen and oxygen atoms in total. The van der Waals surface area contributed by atoms with E-state index >= 15 is 0 Å². The van der Waals surface area contributed by atoms with Crippen molar-refractivity contribution in [1.82, 2.24) is 14.8 Å². The first kappa shape index (κ1) is 23.7. The van der Waals surface area contributed by atoms with Gasteiger partial charge in [0, 0.05) is 37.5 Å². The van der Waals surface area contributed by atoms with Gasteiger partial charge >= 0.3 is 0 Å². The van der Waals surface area contributed by atoms with Gasteiger partial charge in [-0.15, -0.1) is 11.3 Å². The molecular weight excluding hydrogens is 434 g/mol.